The van der Waals surface area contributed by atoms with Crippen molar-refractivity contribution in [3.05, 3.63) is 12.4 Å². The quantitative estimate of drug-likeness (QED) is 0.804. The molecule has 0 saturated heterocycles. The van der Waals surface area contributed by atoms with Crippen molar-refractivity contribution in [2.45, 2.75) is 38.3 Å². The van der Waals surface area contributed by atoms with E-state index in [2.05, 4.69) is 10.4 Å². The Morgan fingerprint density at radius 2 is 2.47 bits per heavy atom. The Bertz CT molecular complexity index is 419. The number of amides is 1. The Hall–Kier alpha value is -1.40. The van der Waals surface area contributed by atoms with Crippen LogP contribution in [0, 0.1) is 5.92 Å². The Morgan fingerprint density at radius 3 is 3.16 bits per heavy atom. The summed E-state index contributed by atoms with van der Waals surface area (Å²) in [7, 11) is 1.65. The summed E-state index contributed by atoms with van der Waals surface area (Å²) in [6.07, 6.45) is 7.20. The molecule has 3 N–H and O–H groups in total. The lowest BCUT2D eigenvalue weighted by molar-refractivity contribution is -0.117. The van der Waals surface area contributed by atoms with E-state index in [0.29, 0.717) is 25.5 Å². The van der Waals surface area contributed by atoms with E-state index in [1.54, 1.807) is 18.0 Å². The molecule has 1 amide bonds. The van der Waals surface area contributed by atoms with E-state index in [-0.39, 0.29) is 11.9 Å². The Balaban J connectivity index is 1.79. The average molecular weight is 266 g/mol. The number of methoxy groups -OCH3 is 1. The third kappa shape index (κ3) is 4.04. The molecule has 106 valence electrons. The highest BCUT2D eigenvalue weighted by Gasteiger charge is 2.26. The zero-order chi connectivity index (χ0) is 13.7. The van der Waals surface area contributed by atoms with Gasteiger partial charge in [-0.1, -0.05) is 6.42 Å². The Kier molecular flexibility index (Phi) is 4.93. The number of rotatable bonds is 6. The molecule has 2 atom stereocenters. The number of aromatic nitrogens is 2. The number of anilines is 1. The molecule has 1 aromatic heterocycles. The highest BCUT2D eigenvalue weighted by molar-refractivity contribution is 5.90. The van der Waals surface area contributed by atoms with Crippen LogP contribution in [0.25, 0.3) is 0 Å². The molecule has 0 aliphatic heterocycles. The lowest BCUT2D eigenvalue weighted by atomic mass is 10.00. The molecule has 0 aromatic carbocycles. The van der Waals surface area contributed by atoms with E-state index in [0.717, 1.165) is 24.9 Å². The second kappa shape index (κ2) is 6.68. The second-order valence-corrected chi connectivity index (χ2v) is 5.09. The number of nitrogens with one attached hydrogen (secondary N) is 1. The topological polar surface area (TPSA) is 82.2 Å². The molecule has 1 aromatic rings. The lowest BCUT2D eigenvalue weighted by Crippen LogP contribution is -2.28. The first-order valence-corrected chi connectivity index (χ1v) is 6.76. The minimum Gasteiger partial charge on any atom is -0.383 e. The third-order valence-corrected chi connectivity index (χ3v) is 3.61. The Labute approximate surface area is 113 Å². The van der Waals surface area contributed by atoms with Crippen molar-refractivity contribution < 1.29 is 9.53 Å². The molecule has 1 aliphatic carbocycles. The Morgan fingerprint density at radius 1 is 1.63 bits per heavy atom. The van der Waals surface area contributed by atoms with Gasteiger partial charge in [0.15, 0.2) is 0 Å². The zero-order valence-corrected chi connectivity index (χ0v) is 11.3. The fraction of sp³-hybridized carbons (Fsp3) is 0.692. The maximum Gasteiger partial charge on any atom is 0.224 e. The van der Waals surface area contributed by atoms with E-state index in [1.165, 1.54) is 0 Å². The van der Waals surface area contributed by atoms with Crippen molar-refractivity contribution in [1.29, 1.82) is 0 Å². The molecule has 2 rings (SSSR count). The van der Waals surface area contributed by atoms with Gasteiger partial charge in [0.1, 0.15) is 0 Å². The van der Waals surface area contributed by atoms with Crippen LogP contribution in [0.1, 0.15) is 25.7 Å². The highest BCUT2D eigenvalue weighted by atomic mass is 16.5. The van der Waals surface area contributed by atoms with Crippen LogP contribution in [0.15, 0.2) is 12.4 Å². The van der Waals surface area contributed by atoms with E-state index < -0.39 is 0 Å². The molecule has 1 heterocycles. The summed E-state index contributed by atoms with van der Waals surface area (Å²) in [5, 5.41) is 7.02. The van der Waals surface area contributed by atoms with Crippen molar-refractivity contribution in [2.75, 3.05) is 19.0 Å². The second-order valence-electron chi connectivity index (χ2n) is 5.09. The van der Waals surface area contributed by atoms with Gasteiger partial charge in [0.2, 0.25) is 5.91 Å². The van der Waals surface area contributed by atoms with Gasteiger partial charge in [0, 0.05) is 25.8 Å². The van der Waals surface area contributed by atoms with Gasteiger partial charge in [-0.2, -0.15) is 5.10 Å². The number of hydrogen-bond donors (Lipinski definition) is 2. The normalized spacial score (nSPS) is 22.6. The first-order valence-electron chi connectivity index (χ1n) is 6.76. The zero-order valence-electron chi connectivity index (χ0n) is 11.3. The molecule has 1 saturated carbocycles. The maximum atomic E-state index is 11.9. The minimum atomic E-state index is 0.0219. The summed E-state index contributed by atoms with van der Waals surface area (Å²) < 4.78 is 6.72. The number of hydrogen-bond acceptors (Lipinski definition) is 4. The van der Waals surface area contributed by atoms with Gasteiger partial charge in [-0.05, 0) is 18.8 Å². The van der Waals surface area contributed by atoms with Crippen LogP contribution < -0.4 is 11.1 Å². The lowest BCUT2D eigenvalue weighted by Gasteiger charge is -2.14. The van der Waals surface area contributed by atoms with Gasteiger partial charge in [0.25, 0.3) is 0 Å². The van der Waals surface area contributed by atoms with Gasteiger partial charge < -0.3 is 15.8 Å². The molecule has 1 aliphatic rings. The number of carbonyl (C=O) groups excluding carboxylic acids is 1. The van der Waals surface area contributed by atoms with Crippen LogP contribution in [0.4, 0.5) is 5.69 Å². The number of nitrogens with zero attached hydrogens (tertiary/aromatic N) is 2. The molecule has 0 unspecified atom stereocenters. The van der Waals surface area contributed by atoms with Crippen molar-refractivity contribution in [3.63, 3.8) is 0 Å². The van der Waals surface area contributed by atoms with Gasteiger partial charge in [-0.3, -0.25) is 9.48 Å². The van der Waals surface area contributed by atoms with Crippen LogP contribution in [0.2, 0.25) is 0 Å². The summed E-state index contributed by atoms with van der Waals surface area (Å²) >= 11 is 0. The molecule has 1 fully saturated rings. The van der Waals surface area contributed by atoms with Crippen LogP contribution in [-0.2, 0) is 16.1 Å². The van der Waals surface area contributed by atoms with Gasteiger partial charge in [-0.15, -0.1) is 0 Å². The van der Waals surface area contributed by atoms with Crippen LogP contribution >= 0.6 is 0 Å². The van der Waals surface area contributed by atoms with Gasteiger partial charge >= 0.3 is 0 Å². The van der Waals surface area contributed by atoms with Crippen molar-refractivity contribution >= 4 is 11.6 Å². The molecule has 19 heavy (non-hydrogen) atoms. The third-order valence-electron chi connectivity index (χ3n) is 3.61. The summed E-state index contributed by atoms with van der Waals surface area (Å²) in [4.78, 5) is 11.9. The maximum absolute atomic E-state index is 11.9. The molecule has 0 bridgehead atoms. The molecule has 0 radical (unpaired) electrons. The number of carbonyl (C=O) groups is 1. The number of ether oxygens (including phenoxy) is 1. The van der Waals surface area contributed by atoms with Gasteiger partial charge in [-0.25, -0.2) is 0 Å². The van der Waals surface area contributed by atoms with Crippen LogP contribution in [-0.4, -0.2) is 35.4 Å². The van der Waals surface area contributed by atoms with E-state index in [4.69, 9.17) is 10.5 Å². The van der Waals surface area contributed by atoms with E-state index in [9.17, 15) is 4.79 Å². The summed E-state index contributed by atoms with van der Waals surface area (Å²) in [6.45, 7) is 1.28. The minimum absolute atomic E-state index is 0.0219. The predicted molar refractivity (Wildman–Crippen MR) is 72.7 cm³/mol. The summed E-state index contributed by atoms with van der Waals surface area (Å²) in [5.74, 6) is 0.345. The first-order chi connectivity index (χ1) is 9.19. The van der Waals surface area contributed by atoms with E-state index in [1.807, 2.05) is 6.20 Å². The molecule has 6 heteroatoms. The predicted octanol–water partition coefficient (Wildman–Crippen LogP) is 0.985. The van der Waals surface area contributed by atoms with Crippen molar-refractivity contribution in [2.24, 2.45) is 11.7 Å². The largest absolute Gasteiger partial charge is 0.383 e. The molecule has 0 spiro atoms. The highest BCUT2D eigenvalue weighted by Crippen LogP contribution is 2.27. The van der Waals surface area contributed by atoms with Crippen molar-refractivity contribution in [1.82, 2.24) is 9.78 Å². The van der Waals surface area contributed by atoms with Crippen molar-refractivity contribution in [3.8, 4) is 0 Å². The smallest absolute Gasteiger partial charge is 0.224 e. The fourth-order valence-corrected chi connectivity index (χ4v) is 2.50. The SMILES string of the molecule is COCCn1cc(NC(=O)C[C@@H]2CCC[C@H]2N)cn1. The summed E-state index contributed by atoms with van der Waals surface area (Å²) in [6, 6.07) is 0.176. The monoisotopic (exact) mass is 266 g/mol. The molecule has 6 nitrogen and oxygen atoms in total. The van der Waals surface area contributed by atoms with Crippen LogP contribution in [0.5, 0.6) is 0 Å². The fourth-order valence-electron chi connectivity index (χ4n) is 2.50. The van der Waals surface area contributed by atoms with Gasteiger partial charge in [0.05, 0.1) is 25.0 Å². The molecular weight excluding hydrogens is 244 g/mol. The average Bonchev–Trinajstić information content (AvgIpc) is 2.97. The van der Waals surface area contributed by atoms with E-state index >= 15 is 0 Å². The number of nitrogens with two attached hydrogens (primary N) is 1. The standard InChI is InChI=1S/C13H22N4O2/c1-19-6-5-17-9-11(8-15-17)16-13(18)7-10-3-2-4-12(10)14/h8-10,12H,2-7,14H2,1H3,(H,16,18)/t10-,12+/m0/s1. The molecular formula is C13H22N4O2. The first kappa shape index (κ1) is 14.0. The van der Waals surface area contributed by atoms with Crippen LogP contribution in [0.3, 0.4) is 0 Å². The summed E-state index contributed by atoms with van der Waals surface area (Å²) in [5.41, 5.74) is 6.70.